The van der Waals surface area contributed by atoms with E-state index in [-0.39, 0.29) is 31.3 Å². The normalized spacial score (nSPS) is 15.6. The minimum absolute atomic E-state index is 0.0190. The maximum atomic E-state index is 10.9. The predicted octanol–water partition coefficient (Wildman–Crippen LogP) is 3.60. The summed E-state index contributed by atoms with van der Waals surface area (Å²) in [7, 11) is 1.56. The molecule has 0 unspecified atom stereocenters. The smallest absolute Gasteiger partial charge is 0.245 e. The van der Waals surface area contributed by atoms with E-state index in [4.69, 9.17) is 19.9 Å². The molecule has 1 aliphatic carbocycles. The highest BCUT2D eigenvalue weighted by atomic mass is 16.5. The highest BCUT2D eigenvalue weighted by molar-refractivity contribution is 5.76. The number of benzene rings is 1. The van der Waals surface area contributed by atoms with Gasteiger partial charge >= 0.3 is 0 Å². The Kier molecular flexibility index (Phi) is 22.6. The standard InChI is InChI=1S/C16H19NO4.C5H11NO.2C2H6/c1-17-16(19)11-20-8-2-3-12-4-6-14(7-5-12)21-15-9-13(18)10-15;1-2-4-7-5-3-6;2*1-2/h4-7,13,15,18H,8-11H2,1H3,(H,17,19);3,5H,2,4,6H2,1H3;2*1-2H3/b;5-3+;;. The molecular formula is C25H42N2O5. The van der Waals surface area contributed by atoms with Gasteiger partial charge in [-0.1, -0.05) is 46.5 Å². The molecule has 1 aliphatic rings. The van der Waals surface area contributed by atoms with Crippen molar-refractivity contribution in [1.82, 2.24) is 5.32 Å². The van der Waals surface area contributed by atoms with Crippen molar-refractivity contribution in [2.24, 2.45) is 5.73 Å². The molecular weight excluding hydrogens is 408 g/mol. The van der Waals surface area contributed by atoms with Gasteiger partial charge in [0.05, 0.1) is 19.0 Å². The molecule has 0 aliphatic heterocycles. The highest BCUT2D eigenvalue weighted by Crippen LogP contribution is 2.25. The zero-order chi connectivity index (χ0) is 24.6. The number of likely N-dealkylation sites (N-methyl/N-ethyl adjacent to an activating group) is 1. The van der Waals surface area contributed by atoms with Crippen molar-refractivity contribution in [1.29, 1.82) is 0 Å². The zero-order valence-electron chi connectivity index (χ0n) is 20.5. The molecule has 1 aromatic carbocycles. The van der Waals surface area contributed by atoms with Crippen molar-refractivity contribution < 1.29 is 24.1 Å². The molecule has 0 atom stereocenters. The SMILES string of the molecule is CC.CC.CCCO/C=C/N.CNC(=O)COCC#Cc1ccc(OC2CC(O)C2)cc1. The van der Waals surface area contributed by atoms with E-state index in [0.717, 1.165) is 24.3 Å². The van der Waals surface area contributed by atoms with E-state index in [1.807, 2.05) is 58.9 Å². The number of amides is 1. The maximum absolute atomic E-state index is 10.9. The number of ether oxygens (including phenoxy) is 3. The average molecular weight is 451 g/mol. The van der Waals surface area contributed by atoms with Crippen molar-refractivity contribution in [3.8, 4) is 17.6 Å². The minimum Gasteiger partial charge on any atom is -0.500 e. The number of hydrogen-bond acceptors (Lipinski definition) is 6. The second kappa shape index (κ2) is 23.0. The molecule has 0 bridgehead atoms. The predicted molar refractivity (Wildman–Crippen MR) is 130 cm³/mol. The Bertz CT molecular complexity index is 645. The van der Waals surface area contributed by atoms with E-state index in [1.54, 1.807) is 7.05 Å². The molecule has 182 valence electrons. The van der Waals surface area contributed by atoms with Crippen LogP contribution in [-0.2, 0) is 14.3 Å². The maximum Gasteiger partial charge on any atom is 0.245 e. The Morgan fingerprint density at radius 1 is 1.22 bits per heavy atom. The van der Waals surface area contributed by atoms with Crippen LogP contribution >= 0.6 is 0 Å². The molecule has 0 saturated heterocycles. The number of nitrogens with two attached hydrogens (primary N) is 1. The highest BCUT2D eigenvalue weighted by Gasteiger charge is 2.28. The van der Waals surface area contributed by atoms with Gasteiger partial charge in [-0.25, -0.2) is 0 Å². The first-order valence-electron chi connectivity index (χ1n) is 11.3. The Labute approximate surface area is 194 Å². The van der Waals surface area contributed by atoms with Gasteiger partial charge in [-0.15, -0.1) is 0 Å². The van der Waals surface area contributed by atoms with Gasteiger partial charge in [0.15, 0.2) is 0 Å². The van der Waals surface area contributed by atoms with Crippen LogP contribution in [0.3, 0.4) is 0 Å². The first kappa shape index (κ1) is 31.5. The van der Waals surface area contributed by atoms with E-state index in [0.29, 0.717) is 12.8 Å². The van der Waals surface area contributed by atoms with Crippen LogP contribution in [0.25, 0.3) is 0 Å². The Morgan fingerprint density at radius 2 is 1.84 bits per heavy atom. The van der Waals surface area contributed by atoms with Crippen LogP contribution in [0.2, 0.25) is 0 Å². The lowest BCUT2D eigenvalue weighted by Crippen LogP contribution is -2.37. The average Bonchev–Trinajstić information content (AvgIpc) is 2.82. The van der Waals surface area contributed by atoms with Crippen LogP contribution in [0, 0.1) is 11.8 Å². The molecule has 1 aromatic rings. The van der Waals surface area contributed by atoms with Gasteiger partial charge in [0.1, 0.15) is 25.1 Å². The third kappa shape index (κ3) is 17.0. The number of carbonyl (C=O) groups excluding carboxylic acids is 1. The van der Waals surface area contributed by atoms with Gasteiger partial charge < -0.3 is 30.4 Å². The molecule has 0 radical (unpaired) electrons. The summed E-state index contributed by atoms with van der Waals surface area (Å²) in [4.78, 5) is 10.9. The molecule has 32 heavy (non-hydrogen) atoms. The minimum atomic E-state index is -0.213. The van der Waals surface area contributed by atoms with Gasteiger partial charge in [-0.3, -0.25) is 4.79 Å². The lowest BCUT2D eigenvalue weighted by Gasteiger charge is -2.31. The summed E-state index contributed by atoms with van der Waals surface area (Å²) in [5, 5.41) is 11.7. The second-order valence-electron chi connectivity index (χ2n) is 6.06. The van der Waals surface area contributed by atoms with Crippen LogP contribution in [0.1, 0.15) is 59.4 Å². The molecule has 4 N–H and O–H groups in total. The number of rotatable bonds is 8. The van der Waals surface area contributed by atoms with Crippen molar-refractivity contribution >= 4 is 5.91 Å². The van der Waals surface area contributed by atoms with Crippen LogP contribution in [0.15, 0.2) is 36.7 Å². The molecule has 0 heterocycles. The molecule has 1 fully saturated rings. The van der Waals surface area contributed by atoms with Gasteiger partial charge in [-0.05, 0) is 30.7 Å². The molecule has 7 nitrogen and oxygen atoms in total. The largest absolute Gasteiger partial charge is 0.500 e. The van der Waals surface area contributed by atoms with E-state index < -0.39 is 0 Å². The van der Waals surface area contributed by atoms with Crippen LogP contribution in [0.5, 0.6) is 5.75 Å². The third-order valence-corrected chi connectivity index (χ3v) is 3.64. The fourth-order valence-electron chi connectivity index (χ4n) is 2.09. The van der Waals surface area contributed by atoms with E-state index >= 15 is 0 Å². The van der Waals surface area contributed by atoms with Crippen LogP contribution < -0.4 is 15.8 Å². The van der Waals surface area contributed by atoms with Crippen molar-refractivity contribution in [2.45, 2.75) is 66.1 Å². The quantitative estimate of drug-likeness (QED) is 0.318. The number of aliphatic hydroxyl groups excluding tert-OH is 1. The summed E-state index contributed by atoms with van der Waals surface area (Å²) in [6.45, 7) is 11.0. The summed E-state index contributed by atoms with van der Waals surface area (Å²) in [6.07, 6.45) is 5.21. The molecule has 2 rings (SSSR count). The number of aliphatic hydroxyl groups is 1. The Hall–Kier alpha value is -2.69. The third-order valence-electron chi connectivity index (χ3n) is 3.64. The summed E-state index contributed by atoms with van der Waals surface area (Å²) < 4.78 is 15.6. The van der Waals surface area contributed by atoms with Crippen LogP contribution in [0.4, 0.5) is 0 Å². The summed E-state index contributed by atoms with van der Waals surface area (Å²) in [6, 6.07) is 7.46. The number of hydrogen-bond donors (Lipinski definition) is 3. The lowest BCUT2D eigenvalue weighted by atomic mass is 9.92. The van der Waals surface area contributed by atoms with E-state index in [1.165, 1.54) is 12.5 Å². The summed E-state index contributed by atoms with van der Waals surface area (Å²) in [5.74, 6) is 6.41. The van der Waals surface area contributed by atoms with Crippen molar-refractivity contribution in [3.05, 3.63) is 42.3 Å². The number of nitrogens with one attached hydrogen (secondary N) is 1. The van der Waals surface area contributed by atoms with E-state index in [2.05, 4.69) is 17.2 Å². The summed E-state index contributed by atoms with van der Waals surface area (Å²) >= 11 is 0. The van der Waals surface area contributed by atoms with Gasteiger partial charge in [0.25, 0.3) is 0 Å². The van der Waals surface area contributed by atoms with Crippen molar-refractivity contribution in [3.63, 3.8) is 0 Å². The fourth-order valence-corrected chi connectivity index (χ4v) is 2.09. The lowest BCUT2D eigenvalue weighted by molar-refractivity contribution is -0.124. The molecule has 1 saturated carbocycles. The Morgan fingerprint density at radius 3 is 2.34 bits per heavy atom. The monoisotopic (exact) mass is 450 g/mol. The molecule has 7 heteroatoms. The van der Waals surface area contributed by atoms with Crippen LogP contribution in [-0.4, -0.2) is 50.1 Å². The van der Waals surface area contributed by atoms with E-state index in [9.17, 15) is 9.90 Å². The molecule has 0 spiro atoms. The molecule has 1 amide bonds. The molecule has 0 aromatic heterocycles. The summed E-state index contributed by atoms with van der Waals surface area (Å²) in [5.41, 5.74) is 5.82. The first-order chi connectivity index (χ1) is 15.6. The zero-order valence-corrected chi connectivity index (χ0v) is 20.5. The first-order valence-corrected chi connectivity index (χ1v) is 11.3. The fraction of sp³-hybridized carbons (Fsp3) is 0.560. The topological polar surface area (TPSA) is 103 Å². The van der Waals surface area contributed by atoms with Gasteiger partial charge in [0.2, 0.25) is 5.91 Å². The second-order valence-corrected chi connectivity index (χ2v) is 6.06. The Balaban J connectivity index is 0. The van der Waals surface area contributed by atoms with Crippen molar-refractivity contribution in [2.75, 3.05) is 26.9 Å². The van der Waals surface area contributed by atoms with Gasteiger partial charge in [-0.2, -0.15) is 0 Å². The number of carbonyl (C=O) groups is 1. The van der Waals surface area contributed by atoms with Gasteiger partial charge in [0, 0.05) is 31.7 Å².